The Bertz CT molecular complexity index is 1480. The molecule has 1 fully saturated rings. The molecule has 0 spiro atoms. The van der Waals surface area contributed by atoms with Crippen molar-refractivity contribution in [3.05, 3.63) is 104 Å². The lowest BCUT2D eigenvalue weighted by Gasteiger charge is -2.28. The van der Waals surface area contributed by atoms with E-state index < -0.39 is 0 Å². The number of aryl methyl sites for hydroxylation is 7. The predicted octanol–water partition coefficient (Wildman–Crippen LogP) is 10.1. The summed E-state index contributed by atoms with van der Waals surface area (Å²) in [6.07, 6.45) is 3.58. The zero-order valence-corrected chi connectivity index (χ0v) is 24.9. The predicted molar refractivity (Wildman–Crippen MR) is 164 cm³/mol. The Morgan fingerprint density at radius 1 is 0.658 bits per heavy atom. The monoisotopic (exact) mass is 504 g/mol. The average Bonchev–Trinajstić information content (AvgIpc) is 2.84. The number of fused-ring (bicyclic) bond motifs is 1. The molecule has 0 N–H and O–H groups in total. The van der Waals surface area contributed by atoms with Crippen LogP contribution in [0.2, 0.25) is 0 Å². The molecule has 5 rings (SSSR count). The standard InChI is InChI=1S/C37H44O/c1-21-10-11-35(38-20-21)31-16-26(6)36(27(7)17-31)32-14-23(3)34(24(4)15-32)19-30-12-25(5)37-29(9)28(8)22(2)13-33(37)18-30/h12-18,21,35H,10-11,19-20H2,1-9H3. The minimum absolute atomic E-state index is 0.241. The van der Waals surface area contributed by atoms with Crippen LogP contribution in [0.4, 0.5) is 0 Å². The lowest BCUT2D eigenvalue weighted by molar-refractivity contribution is -0.0124. The van der Waals surface area contributed by atoms with Gasteiger partial charge in [-0.05, 0) is 164 Å². The molecule has 1 heterocycles. The Labute approximate surface area is 230 Å². The van der Waals surface area contributed by atoms with Crippen molar-refractivity contribution in [2.45, 2.75) is 87.7 Å². The van der Waals surface area contributed by atoms with Crippen LogP contribution in [0.25, 0.3) is 21.9 Å². The van der Waals surface area contributed by atoms with Crippen molar-refractivity contribution >= 4 is 10.8 Å². The summed E-state index contributed by atoms with van der Waals surface area (Å²) in [7, 11) is 0. The number of ether oxygens (including phenoxy) is 1. The van der Waals surface area contributed by atoms with Crippen LogP contribution < -0.4 is 0 Å². The second-order valence-corrected chi connectivity index (χ2v) is 12.3. The zero-order chi connectivity index (χ0) is 27.3. The summed E-state index contributed by atoms with van der Waals surface area (Å²) in [5.74, 6) is 0.674. The maximum Gasteiger partial charge on any atom is 0.0825 e. The highest BCUT2D eigenvalue weighted by atomic mass is 16.5. The van der Waals surface area contributed by atoms with Crippen molar-refractivity contribution in [3.8, 4) is 11.1 Å². The first kappa shape index (κ1) is 26.7. The molecule has 4 aromatic carbocycles. The van der Waals surface area contributed by atoms with E-state index in [0.717, 1.165) is 19.4 Å². The van der Waals surface area contributed by atoms with E-state index in [1.54, 1.807) is 0 Å². The molecule has 2 unspecified atom stereocenters. The van der Waals surface area contributed by atoms with Crippen LogP contribution in [0.3, 0.4) is 0 Å². The van der Waals surface area contributed by atoms with E-state index in [0.29, 0.717) is 5.92 Å². The molecule has 0 amide bonds. The molecular formula is C37H44O. The summed E-state index contributed by atoms with van der Waals surface area (Å²) in [6, 6.07) is 16.7. The molecule has 0 aliphatic carbocycles. The van der Waals surface area contributed by atoms with Crippen molar-refractivity contribution in [2.75, 3.05) is 6.61 Å². The van der Waals surface area contributed by atoms with Gasteiger partial charge in [-0.3, -0.25) is 0 Å². The van der Waals surface area contributed by atoms with Gasteiger partial charge in [-0.2, -0.15) is 0 Å². The average molecular weight is 505 g/mol. The van der Waals surface area contributed by atoms with E-state index in [2.05, 4.69) is 105 Å². The minimum atomic E-state index is 0.241. The van der Waals surface area contributed by atoms with Crippen LogP contribution in [0.5, 0.6) is 0 Å². The molecule has 38 heavy (non-hydrogen) atoms. The molecule has 2 atom stereocenters. The molecule has 1 saturated heterocycles. The van der Waals surface area contributed by atoms with E-state index in [9.17, 15) is 0 Å². The van der Waals surface area contributed by atoms with Crippen molar-refractivity contribution in [1.82, 2.24) is 0 Å². The topological polar surface area (TPSA) is 9.23 Å². The minimum Gasteiger partial charge on any atom is -0.373 e. The Balaban J connectivity index is 1.47. The van der Waals surface area contributed by atoms with Crippen LogP contribution in [0.1, 0.15) is 87.1 Å². The second-order valence-electron chi connectivity index (χ2n) is 12.3. The third kappa shape index (κ3) is 4.94. The molecule has 1 aliphatic rings. The first-order valence-electron chi connectivity index (χ1n) is 14.4. The van der Waals surface area contributed by atoms with Gasteiger partial charge < -0.3 is 4.74 Å². The van der Waals surface area contributed by atoms with Gasteiger partial charge in [0.15, 0.2) is 0 Å². The van der Waals surface area contributed by atoms with Gasteiger partial charge in [0.25, 0.3) is 0 Å². The van der Waals surface area contributed by atoms with E-state index in [1.165, 1.54) is 89.5 Å². The highest BCUT2D eigenvalue weighted by Gasteiger charge is 2.22. The smallest absolute Gasteiger partial charge is 0.0825 e. The van der Waals surface area contributed by atoms with Crippen molar-refractivity contribution < 1.29 is 4.74 Å². The number of hydrogen-bond acceptors (Lipinski definition) is 1. The first-order valence-corrected chi connectivity index (χ1v) is 14.4. The van der Waals surface area contributed by atoms with Crippen LogP contribution in [0.15, 0.2) is 42.5 Å². The summed E-state index contributed by atoms with van der Waals surface area (Å²) in [4.78, 5) is 0. The van der Waals surface area contributed by atoms with Gasteiger partial charge in [0, 0.05) is 6.61 Å². The molecule has 4 aromatic rings. The fourth-order valence-electron chi connectivity index (χ4n) is 6.85. The van der Waals surface area contributed by atoms with E-state index >= 15 is 0 Å². The molecule has 0 saturated carbocycles. The first-order chi connectivity index (χ1) is 18.0. The number of hydrogen-bond donors (Lipinski definition) is 0. The molecule has 0 bridgehead atoms. The summed E-state index contributed by atoms with van der Waals surface area (Å²) >= 11 is 0. The fourth-order valence-corrected chi connectivity index (χ4v) is 6.85. The maximum absolute atomic E-state index is 6.20. The second kappa shape index (κ2) is 10.3. The highest BCUT2D eigenvalue weighted by Crippen LogP contribution is 2.37. The molecule has 1 aliphatic heterocycles. The molecule has 1 nitrogen and oxygen atoms in total. The van der Waals surface area contributed by atoms with Gasteiger partial charge in [0.1, 0.15) is 0 Å². The number of rotatable bonds is 4. The lowest BCUT2D eigenvalue weighted by Crippen LogP contribution is -2.18. The van der Waals surface area contributed by atoms with Crippen LogP contribution in [-0.2, 0) is 11.2 Å². The van der Waals surface area contributed by atoms with E-state index in [1.807, 2.05) is 0 Å². The normalized spacial score (nSPS) is 17.8. The lowest BCUT2D eigenvalue weighted by atomic mass is 9.86. The van der Waals surface area contributed by atoms with Crippen LogP contribution in [0, 0.1) is 61.3 Å². The Hall–Kier alpha value is -2.90. The van der Waals surface area contributed by atoms with Crippen LogP contribution >= 0.6 is 0 Å². The Kier molecular flexibility index (Phi) is 7.27. The SMILES string of the molecule is Cc1cc2cc(Cc3c(C)cc(-c4c(C)cc(C5CCC(C)CO5)cc4C)cc3C)cc(C)c2c(C)c1C. The Morgan fingerprint density at radius 3 is 1.92 bits per heavy atom. The largest absolute Gasteiger partial charge is 0.373 e. The van der Waals surface area contributed by atoms with Gasteiger partial charge in [0.05, 0.1) is 6.10 Å². The van der Waals surface area contributed by atoms with Crippen molar-refractivity contribution in [3.63, 3.8) is 0 Å². The maximum atomic E-state index is 6.20. The van der Waals surface area contributed by atoms with Crippen molar-refractivity contribution in [1.29, 1.82) is 0 Å². The molecule has 0 radical (unpaired) electrons. The molecule has 1 heteroatoms. The summed E-state index contributed by atoms with van der Waals surface area (Å²) in [6.45, 7) is 21.3. The van der Waals surface area contributed by atoms with Crippen molar-refractivity contribution in [2.24, 2.45) is 5.92 Å². The van der Waals surface area contributed by atoms with Gasteiger partial charge in [-0.15, -0.1) is 0 Å². The summed E-state index contributed by atoms with van der Waals surface area (Å²) in [5, 5.41) is 2.79. The van der Waals surface area contributed by atoms with Gasteiger partial charge in [0.2, 0.25) is 0 Å². The quantitative estimate of drug-likeness (QED) is 0.269. The third-order valence-corrected chi connectivity index (χ3v) is 9.12. The molecule has 0 aromatic heterocycles. The zero-order valence-electron chi connectivity index (χ0n) is 24.9. The van der Waals surface area contributed by atoms with E-state index in [-0.39, 0.29) is 6.10 Å². The highest BCUT2D eigenvalue weighted by molar-refractivity contribution is 5.91. The summed E-state index contributed by atoms with van der Waals surface area (Å²) < 4.78 is 6.20. The van der Waals surface area contributed by atoms with Gasteiger partial charge in [-0.25, -0.2) is 0 Å². The molecule has 198 valence electrons. The number of benzene rings is 4. The van der Waals surface area contributed by atoms with Gasteiger partial charge >= 0.3 is 0 Å². The Morgan fingerprint density at radius 2 is 1.32 bits per heavy atom. The fraction of sp³-hybridized carbons (Fsp3) is 0.405. The summed E-state index contributed by atoms with van der Waals surface area (Å²) in [5.41, 5.74) is 17.9. The van der Waals surface area contributed by atoms with Crippen LogP contribution in [-0.4, -0.2) is 6.61 Å². The third-order valence-electron chi connectivity index (χ3n) is 9.12. The van der Waals surface area contributed by atoms with Gasteiger partial charge in [-0.1, -0.05) is 49.4 Å². The van der Waals surface area contributed by atoms with E-state index in [4.69, 9.17) is 4.74 Å². The molecular weight excluding hydrogens is 460 g/mol.